The number of allylic oxidation sites excluding steroid dienone is 4. The number of amides is 2. The van der Waals surface area contributed by atoms with Crippen LogP contribution in [0.5, 0.6) is 0 Å². The number of hydrogen-bond acceptors (Lipinski definition) is 10. The van der Waals surface area contributed by atoms with Gasteiger partial charge in [-0.15, -0.1) is 5.06 Å². The number of aliphatic hydroxyl groups is 2. The van der Waals surface area contributed by atoms with Crippen molar-refractivity contribution in [2.24, 2.45) is 28.6 Å². The number of Topliss-reactive ketones (excluding diaryl/α,β-unsaturated/α-hetero) is 1. The molecule has 11 heteroatoms. The monoisotopic (exact) mass is 557 g/mol. The molecule has 0 aromatic carbocycles. The van der Waals surface area contributed by atoms with Gasteiger partial charge in [0.05, 0.1) is 18.9 Å². The van der Waals surface area contributed by atoms with Crippen molar-refractivity contribution in [2.45, 2.75) is 83.3 Å². The van der Waals surface area contributed by atoms with Crippen LogP contribution in [-0.2, 0) is 38.3 Å². The second-order valence-electron chi connectivity index (χ2n) is 12.2. The minimum absolute atomic E-state index is 0.0403. The Morgan fingerprint density at radius 3 is 2.40 bits per heavy atom. The summed E-state index contributed by atoms with van der Waals surface area (Å²) in [5.41, 5.74) is -2.17. The number of hydrogen-bond donors (Lipinski definition) is 2. The summed E-state index contributed by atoms with van der Waals surface area (Å²) in [6, 6.07) is 0. The van der Waals surface area contributed by atoms with Gasteiger partial charge in [0.25, 0.3) is 11.8 Å². The highest BCUT2D eigenvalue weighted by Gasteiger charge is 2.68. The fourth-order valence-electron chi connectivity index (χ4n) is 8.14. The molecule has 4 aliphatic carbocycles. The largest absolute Gasteiger partial charge is 0.458 e. The van der Waals surface area contributed by atoms with Gasteiger partial charge in [-0.25, -0.2) is 4.79 Å². The van der Waals surface area contributed by atoms with E-state index < -0.39 is 71.5 Å². The SMILES string of the molecule is C[C@]12C=CC(=O)C=C1CC[C@@H]1[C@@H]2[C@@H](O)C[C@@]2(C)[C@H]1CC[C@]2(O)C(=O)COC(=O)CCC(=O)ON1C(=O)CCC1=O. The van der Waals surface area contributed by atoms with E-state index in [1.807, 2.05) is 19.9 Å². The third-order valence-electron chi connectivity index (χ3n) is 10.2. The van der Waals surface area contributed by atoms with Crippen molar-refractivity contribution in [3.8, 4) is 0 Å². The molecule has 40 heavy (non-hydrogen) atoms. The van der Waals surface area contributed by atoms with Crippen LogP contribution in [0.15, 0.2) is 23.8 Å². The van der Waals surface area contributed by atoms with Crippen molar-refractivity contribution < 1.29 is 48.6 Å². The summed E-state index contributed by atoms with van der Waals surface area (Å²) in [7, 11) is 0. The lowest BCUT2D eigenvalue weighted by atomic mass is 9.46. The first-order valence-electron chi connectivity index (χ1n) is 13.9. The summed E-state index contributed by atoms with van der Waals surface area (Å²) < 4.78 is 5.08. The minimum Gasteiger partial charge on any atom is -0.458 e. The van der Waals surface area contributed by atoms with Gasteiger partial charge in [-0.3, -0.25) is 24.0 Å². The van der Waals surface area contributed by atoms with E-state index in [9.17, 15) is 39.0 Å². The predicted molar refractivity (Wildman–Crippen MR) is 135 cm³/mol. The normalized spacial score (nSPS) is 38.4. The topological polar surface area (TPSA) is 165 Å². The minimum atomic E-state index is -1.80. The Labute approximate surface area is 231 Å². The Morgan fingerprint density at radius 2 is 1.70 bits per heavy atom. The molecule has 3 saturated carbocycles. The van der Waals surface area contributed by atoms with Crippen LogP contribution in [0.4, 0.5) is 0 Å². The third kappa shape index (κ3) is 4.43. The fraction of sp³-hybridized carbons (Fsp3) is 0.655. The van der Waals surface area contributed by atoms with Crippen LogP contribution in [0.3, 0.4) is 0 Å². The molecular formula is C29H35NO10. The molecule has 0 radical (unpaired) electrons. The van der Waals surface area contributed by atoms with Crippen LogP contribution < -0.4 is 0 Å². The lowest BCUT2D eigenvalue weighted by molar-refractivity contribution is -0.197. The Hall–Kier alpha value is -3.18. The summed E-state index contributed by atoms with van der Waals surface area (Å²) in [6.07, 6.45) is 5.73. The van der Waals surface area contributed by atoms with Gasteiger partial charge in [0.2, 0.25) is 5.78 Å². The van der Waals surface area contributed by atoms with Crippen LogP contribution >= 0.6 is 0 Å². The molecule has 5 rings (SSSR count). The van der Waals surface area contributed by atoms with Crippen LogP contribution in [0.2, 0.25) is 0 Å². The lowest BCUT2D eigenvalue weighted by Crippen LogP contribution is -2.61. The maximum absolute atomic E-state index is 13.3. The average molecular weight is 558 g/mol. The maximum atomic E-state index is 13.3. The number of carbonyl (C=O) groups is 6. The summed E-state index contributed by atoms with van der Waals surface area (Å²) in [5.74, 6) is -3.94. The number of hydroxylamine groups is 2. The molecule has 7 atom stereocenters. The molecule has 216 valence electrons. The summed E-state index contributed by atoms with van der Waals surface area (Å²) >= 11 is 0. The number of esters is 1. The van der Waals surface area contributed by atoms with Gasteiger partial charge in [0.1, 0.15) is 5.60 Å². The molecule has 4 fully saturated rings. The van der Waals surface area contributed by atoms with Gasteiger partial charge >= 0.3 is 11.9 Å². The quantitative estimate of drug-likeness (QED) is 0.346. The fourth-order valence-corrected chi connectivity index (χ4v) is 8.14. The predicted octanol–water partition coefficient (Wildman–Crippen LogP) is 1.50. The highest BCUT2D eigenvalue weighted by molar-refractivity contribution is 6.02. The van der Waals surface area contributed by atoms with Crippen molar-refractivity contribution in [3.05, 3.63) is 23.8 Å². The van der Waals surface area contributed by atoms with Gasteiger partial charge in [-0.1, -0.05) is 25.5 Å². The average Bonchev–Trinajstić information content (AvgIpc) is 3.36. The van der Waals surface area contributed by atoms with Crippen LogP contribution in [0.25, 0.3) is 0 Å². The second-order valence-corrected chi connectivity index (χ2v) is 12.2. The van der Waals surface area contributed by atoms with E-state index >= 15 is 0 Å². The number of aliphatic hydroxyl groups excluding tert-OH is 1. The number of ketones is 2. The molecule has 0 aromatic rings. The molecule has 1 aliphatic heterocycles. The molecule has 1 saturated heterocycles. The number of imide groups is 1. The molecule has 2 amide bonds. The van der Waals surface area contributed by atoms with Crippen molar-refractivity contribution in [3.63, 3.8) is 0 Å². The van der Waals surface area contributed by atoms with E-state index in [0.717, 1.165) is 12.0 Å². The van der Waals surface area contributed by atoms with E-state index in [0.29, 0.717) is 17.9 Å². The number of nitrogens with zero attached hydrogens (tertiary/aromatic N) is 1. The van der Waals surface area contributed by atoms with Gasteiger partial charge < -0.3 is 19.8 Å². The second kappa shape index (κ2) is 10.0. The third-order valence-corrected chi connectivity index (χ3v) is 10.2. The van der Waals surface area contributed by atoms with Gasteiger partial charge in [0, 0.05) is 29.6 Å². The molecule has 0 unspecified atom stereocenters. The molecule has 0 spiro atoms. The Morgan fingerprint density at radius 1 is 1.02 bits per heavy atom. The molecule has 11 nitrogen and oxygen atoms in total. The zero-order chi connectivity index (χ0) is 29.0. The summed E-state index contributed by atoms with van der Waals surface area (Å²) in [4.78, 5) is 77.3. The maximum Gasteiger partial charge on any atom is 0.333 e. The molecule has 0 bridgehead atoms. The first-order chi connectivity index (χ1) is 18.8. The van der Waals surface area contributed by atoms with E-state index in [1.54, 1.807) is 12.2 Å². The zero-order valence-electron chi connectivity index (χ0n) is 22.7. The Kier molecular flexibility index (Phi) is 7.11. The summed E-state index contributed by atoms with van der Waals surface area (Å²) in [6.45, 7) is 3.19. The van der Waals surface area contributed by atoms with Crippen molar-refractivity contribution in [2.75, 3.05) is 6.61 Å². The van der Waals surface area contributed by atoms with Crippen LogP contribution in [0.1, 0.15) is 71.6 Å². The molecule has 1 heterocycles. The van der Waals surface area contributed by atoms with Crippen molar-refractivity contribution >= 4 is 35.3 Å². The van der Waals surface area contributed by atoms with Gasteiger partial charge in [-0.2, -0.15) is 0 Å². The highest BCUT2D eigenvalue weighted by Crippen LogP contribution is 2.67. The number of fused-ring (bicyclic) bond motifs is 5. The zero-order valence-corrected chi connectivity index (χ0v) is 22.7. The smallest absolute Gasteiger partial charge is 0.333 e. The number of rotatable bonds is 7. The highest BCUT2D eigenvalue weighted by atomic mass is 16.7. The summed E-state index contributed by atoms with van der Waals surface area (Å²) in [5, 5.41) is 23.6. The first kappa shape index (κ1) is 28.4. The molecule has 0 aromatic heterocycles. The van der Waals surface area contributed by atoms with Crippen molar-refractivity contribution in [1.82, 2.24) is 5.06 Å². The Balaban J connectivity index is 1.20. The van der Waals surface area contributed by atoms with Gasteiger partial charge in [-0.05, 0) is 56.1 Å². The van der Waals surface area contributed by atoms with E-state index in [2.05, 4.69) is 0 Å². The van der Waals surface area contributed by atoms with E-state index in [1.165, 1.54) is 0 Å². The first-order valence-corrected chi connectivity index (χ1v) is 13.9. The molecular weight excluding hydrogens is 522 g/mol. The molecule has 2 N–H and O–H groups in total. The number of carbonyl (C=O) groups excluding carboxylic acids is 6. The van der Waals surface area contributed by atoms with Crippen molar-refractivity contribution in [1.29, 1.82) is 0 Å². The molecule has 5 aliphatic rings. The number of ether oxygens (including phenoxy) is 1. The Bertz CT molecular complexity index is 1220. The van der Waals surface area contributed by atoms with Gasteiger partial charge in [0.15, 0.2) is 12.4 Å². The standard InChI is InChI=1S/C29H35NO10/c1-27-11-9-17(31)13-16(27)3-4-18-19-10-12-29(38,28(19,2)14-20(32)26(18)27)21(33)15-39-24(36)7-8-25(37)40-30-22(34)5-6-23(30)35/h9,11,13,18-20,26,32,38H,3-8,10,12,14-15H2,1-2H3/t18-,19-,20-,26+,27-,28-,29-/m0/s1. The lowest BCUT2D eigenvalue weighted by Gasteiger charge is -2.59. The van der Waals surface area contributed by atoms with Crippen LogP contribution in [0, 0.1) is 28.6 Å². The van der Waals surface area contributed by atoms with E-state index in [-0.39, 0.29) is 49.2 Å². The van der Waals surface area contributed by atoms with E-state index in [4.69, 9.17) is 9.57 Å². The van der Waals surface area contributed by atoms with Crippen LogP contribution in [-0.4, -0.2) is 68.9 Å².